The summed E-state index contributed by atoms with van der Waals surface area (Å²) >= 11 is 0. The summed E-state index contributed by atoms with van der Waals surface area (Å²) < 4.78 is 7.21. The van der Waals surface area contributed by atoms with Crippen molar-refractivity contribution in [1.82, 2.24) is 14.4 Å². The Kier molecular flexibility index (Phi) is 4.07. The van der Waals surface area contributed by atoms with Gasteiger partial charge in [-0.15, -0.1) is 0 Å². The van der Waals surface area contributed by atoms with Crippen LogP contribution >= 0.6 is 0 Å². The van der Waals surface area contributed by atoms with E-state index >= 15 is 0 Å². The average molecular weight is 344 g/mol. The fraction of sp³-hybridized carbons (Fsp3) is 0.0500. The van der Waals surface area contributed by atoms with Gasteiger partial charge in [0.05, 0.1) is 25.2 Å². The van der Waals surface area contributed by atoms with Crippen LogP contribution < -0.4 is 10.1 Å². The standard InChI is InChI=1S/C20H16N4O2/c1-26-17-10-6-5-9-15(17)16-13-24-18(11-21-16)22-12-19(24)23-20(25)14-7-3-2-4-8-14/h2-13H,1H3,(H,23,25). The SMILES string of the molecule is COc1ccccc1-c1cn2c(NC(=O)c3ccccc3)cnc2cn1. The lowest BCUT2D eigenvalue weighted by Crippen LogP contribution is -2.13. The number of nitrogens with zero attached hydrogens (tertiary/aromatic N) is 3. The Morgan fingerprint density at radius 1 is 1.00 bits per heavy atom. The zero-order valence-electron chi connectivity index (χ0n) is 14.1. The van der Waals surface area contributed by atoms with Crippen molar-refractivity contribution in [3.05, 3.63) is 78.8 Å². The Hall–Kier alpha value is -3.67. The fourth-order valence-electron chi connectivity index (χ4n) is 2.76. The van der Waals surface area contributed by atoms with Crippen LogP contribution in [0.2, 0.25) is 0 Å². The number of hydrogen-bond donors (Lipinski definition) is 1. The number of carbonyl (C=O) groups excluding carboxylic acids is 1. The number of methoxy groups -OCH3 is 1. The minimum absolute atomic E-state index is 0.192. The number of para-hydroxylation sites is 1. The van der Waals surface area contributed by atoms with Gasteiger partial charge in [-0.2, -0.15) is 0 Å². The van der Waals surface area contributed by atoms with Crippen LogP contribution in [0.5, 0.6) is 5.75 Å². The Labute approximate surface area is 150 Å². The molecule has 0 aliphatic rings. The van der Waals surface area contributed by atoms with Gasteiger partial charge in [0, 0.05) is 17.3 Å². The number of amides is 1. The Bertz CT molecular complexity index is 1070. The molecule has 2 heterocycles. The molecule has 2 aromatic heterocycles. The number of anilines is 1. The number of aromatic nitrogens is 3. The van der Waals surface area contributed by atoms with Gasteiger partial charge in [0.15, 0.2) is 5.65 Å². The van der Waals surface area contributed by atoms with Gasteiger partial charge in [0.25, 0.3) is 5.91 Å². The smallest absolute Gasteiger partial charge is 0.256 e. The highest BCUT2D eigenvalue weighted by Crippen LogP contribution is 2.28. The molecule has 0 spiro atoms. The molecule has 0 atom stereocenters. The van der Waals surface area contributed by atoms with Crippen molar-refractivity contribution in [2.24, 2.45) is 0 Å². The molecule has 128 valence electrons. The summed E-state index contributed by atoms with van der Waals surface area (Å²) in [5.41, 5.74) is 2.82. The maximum Gasteiger partial charge on any atom is 0.256 e. The molecule has 6 nitrogen and oxygen atoms in total. The molecule has 1 amide bonds. The number of fused-ring (bicyclic) bond motifs is 1. The van der Waals surface area contributed by atoms with E-state index in [2.05, 4.69) is 15.3 Å². The van der Waals surface area contributed by atoms with Crippen LogP contribution in [0, 0.1) is 0 Å². The minimum Gasteiger partial charge on any atom is -0.496 e. The molecule has 4 aromatic rings. The van der Waals surface area contributed by atoms with Crippen molar-refractivity contribution in [3.63, 3.8) is 0 Å². The van der Waals surface area contributed by atoms with E-state index in [0.717, 1.165) is 17.0 Å². The molecule has 6 heteroatoms. The summed E-state index contributed by atoms with van der Waals surface area (Å²) in [5.74, 6) is 1.12. The van der Waals surface area contributed by atoms with E-state index in [-0.39, 0.29) is 5.91 Å². The number of carbonyl (C=O) groups is 1. The van der Waals surface area contributed by atoms with Crippen molar-refractivity contribution in [1.29, 1.82) is 0 Å². The van der Waals surface area contributed by atoms with E-state index in [0.29, 0.717) is 17.0 Å². The number of nitrogens with one attached hydrogen (secondary N) is 1. The van der Waals surface area contributed by atoms with E-state index in [1.807, 2.05) is 48.7 Å². The van der Waals surface area contributed by atoms with Crippen molar-refractivity contribution >= 4 is 17.4 Å². The summed E-state index contributed by atoms with van der Waals surface area (Å²) in [6.45, 7) is 0. The van der Waals surface area contributed by atoms with Gasteiger partial charge in [0.2, 0.25) is 0 Å². The van der Waals surface area contributed by atoms with Crippen LogP contribution in [0.3, 0.4) is 0 Å². The molecule has 0 saturated heterocycles. The predicted octanol–water partition coefficient (Wildman–Crippen LogP) is 3.66. The second-order valence-corrected chi connectivity index (χ2v) is 5.66. The van der Waals surface area contributed by atoms with Gasteiger partial charge in [-0.05, 0) is 24.3 Å². The van der Waals surface area contributed by atoms with Crippen LogP contribution in [-0.4, -0.2) is 27.4 Å². The minimum atomic E-state index is -0.192. The zero-order valence-corrected chi connectivity index (χ0v) is 14.1. The Morgan fingerprint density at radius 3 is 2.58 bits per heavy atom. The van der Waals surface area contributed by atoms with Crippen molar-refractivity contribution in [2.75, 3.05) is 12.4 Å². The van der Waals surface area contributed by atoms with Gasteiger partial charge in [-0.25, -0.2) is 4.98 Å². The van der Waals surface area contributed by atoms with Gasteiger partial charge in [0.1, 0.15) is 11.6 Å². The van der Waals surface area contributed by atoms with E-state index in [9.17, 15) is 4.79 Å². The number of ether oxygens (including phenoxy) is 1. The molecule has 0 bridgehead atoms. The molecule has 4 rings (SSSR count). The van der Waals surface area contributed by atoms with Crippen LogP contribution in [0.4, 0.5) is 5.82 Å². The van der Waals surface area contributed by atoms with Crippen LogP contribution in [0.1, 0.15) is 10.4 Å². The van der Waals surface area contributed by atoms with E-state index in [4.69, 9.17) is 4.74 Å². The number of imidazole rings is 1. The lowest BCUT2D eigenvalue weighted by molar-refractivity contribution is 0.102. The largest absolute Gasteiger partial charge is 0.496 e. The highest BCUT2D eigenvalue weighted by Gasteiger charge is 2.12. The van der Waals surface area contributed by atoms with Crippen LogP contribution in [0.15, 0.2) is 73.2 Å². The summed E-state index contributed by atoms with van der Waals surface area (Å²) in [6, 6.07) is 16.7. The molecule has 2 aromatic carbocycles. The van der Waals surface area contributed by atoms with Crippen molar-refractivity contribution in [3.8, 4) is 17.0 Å². The van der Waals surface area contributed by atoms with Crippen molar-refractivity contribution < 1.29 is 9.53 Å². The van der Waals surface area contributed by atoms with Gasteiger partial charge in [-0.1, -0.05) is 30.3 Å². The quantitative estimate of drug-likeness (QED) is 0.613. The van der Waals surface area contributed by atoms with E-state index < -0.39 is 0 Å². The maximum atomic E-state index is 12.4. The molecule has 0 aliphatic heterocycles. The number of benzene rings is 2. The lowest BCUT2D eigenvalue weighted by atomic mass is 10.1. The monoisotopic (exact) mass is 344 g/mol. The molecular weight excluding hydrogens is 328 g/mol. The second-order valence-electron chi connectivity index (χ2n) is 5.66. The third-order valence-electron chi connectivity index (χ3n) is 4.06. The van der Waals surface area contributed by atoms with Crippen LogP contribution in [0.25, 0.3) is 16.9 Å². The highest BCUT2D eigenvalue weighted by atomic mass is 16.5. The average Bonchev–Trinajstić information content (AvgIpc) is 3.10. The first-order chi connectivity index (χ1) is 12.8. The molecule has 26 heavy (non-hydrogen) atoms. The third-order valence-corrected chi connectivity index (χ3v) is 4.06. The highest BCUT2D eigenvalue weighted by molar-refractivity contribution is 6.03. The van der Waals surface area contributed by atoms with Gasteiger partial charge >= 0.3 is 0 Å². The molecule has 1 N–H and O–H groups in total. The topological polar surface area (TPSA) is 68.5 Å². The van der Waals surface area contributed by atoms with Crippen molar-refractivity contribution in [2.45, 2.75) is 0 Å². The first-order valence-electron chi connectivity index (χ1n) is 8.09. The molecule has 0 unspecified atom stereocenters. The van der Waals surface area contributed by atoms with E-state index in [1.165, 1.54) is 0 Å². The Balaban J connectivity index is 1.72. The maximum absolute atomic E-state index is 12.4. The molecule has 0 radical (unpaired) electrons. The number of rotatable bonds is 4. The van der Waals surface area contributed by atoms with Gasteiger partial charge in [-0.3, -0.25) is 14.2 Å². The number of hydrogen-bond acceptors (Lipinski definition) is 4. The lowest BCUT2D eigenvalue weighted by Gasteiger charge is -2.09. The predicted molar refractivity (Wildman–Crippen MR) is 99.4 cm³/mol. The molecule has 0 aliphatic carbocycles. The summed E-state index contributed by atoms with van der Waals surface area (Å²) in [4.78, 5) is 21.2. The molecule has 0 fully saturated rings. The zero-order chi connectivity index (χ0) is 17.9. The molecular formula is C20H16N4O2. The second kappa shape index (κ2) is 6.68. The first kappa shape index (κ1) is 15.8. The fourth-order valence-corrected chi connectivity index (χ4v) is 2.76. The summed E-state index contributed by atoms with van der Waals surface area (Å²) in [6.07, 6.45) is 5.12. The molecule has 0 saturated carbocycles. The Morgan fingerprint density at radius 2 is 1.77 bits per heavy atom. The summed E-state index contributed by atoms with van der Waals surface area (Å²) in [5, 5.41) is 2.89. The van der Waals surface area contributed by atoms with Crippen LogP contribution in [-0.2, 0) is 0 Å². The van der Waals surface area contributed by atoms with Gasteiger partial charge < -0.3 is 10.1 Å². The normalized spacial score (nSPS) is 10.7. The first-order valence-corrected chi connectivity index (χ1v) is 8.09. The third kappa shape index (κ3) is 2.88. The summed E-state index contributed by atoms with van der Waals surface area (Å²) in [7, 11) is 1.63. The van der Waals surface area contributed by atoms with E-state index in [1.54, 1.807) is 36.0 Å².